The molecule has 0 fully saturated rings. The molecule has 4 heteroatoms. The average Bonchev–Trinajstić information content (AvgIpc) is 3.25. The first-order chi connectivity index (χ1) is 14.9. The second kappa shape index (κ2) is 9.21. The zero-order valence-electron chi connectivity index (χ0n) is 18.6. The van der Waals surface area contributed by atoms with Gasteiger partial charge in [-0.2, -0.15) is 0 Å². The van der Waals surface area contributed by atoms with Crippen LogP contribution in [-0.2, 0) is 5.41 Å². The third-order valence-electron chi connectivity index (χ3n) is 5.45. The molecule has 0 saturated carbocycles. The van der Waals surface area contributed by atoms with Crippen molar-refractivity contribution in [2.75, 3.05) is 0 Å². The van der Waals surface area contributed by atoms with Crippen molar-refractivity contribution in [3.05, 3.63) is 102 Å². The van der Waals surface area contributed by atoms with Crippen LogP contribution < -0.4 is 4.46 Å². The molecule has 0 N–H and O–H groups in total. The van der Waals surface area contributed by atoms with Gasteiger partial charge in [0.05, 0.1) is 0 Å². The maximum atomic E-state index is 4.89. The second-order valence-corrected chi connectivity index (χ2v) is 11.2. The minimum absolute atomic E-state index is 0.119. The van der Waals surface area contributed by atoms with E-state index in [0.29, 0.717) is 15.0 Å². The van der Waals surface area contributed by atoms with E-state index in [1.165, 1.54) is 21.2 Å². The number of aromatic nitrogens is 3. The summed E-state index contributed by atoms with van der Waals surface area (Å²) in [5.41, 5.74) is 6.02. The maximum absolute atomic E-state index is 4.89. The monoisotopic (exact) mass is 475 g/mol. The predicted octanol–water partition coefficient (Wildman–Crippen LogP) is 5.59. The fraction of sp³-hybridized carbons (Fsp3) is 0.259. The number of hydrogen-bond acceptors (Lipinski definition) is 2. The molecule has 1 heterocycles. The van der Waals surface area contributed by atoms with Crippen molar-refractivity contribution in [3.8, 4) is 11.3 Å². The zero-order chi connectivity index (χ0) is 21.8. The summed E-state index contributed by atoms with van der Waals surface area (Å²) in [4.78, 5) is 1.91. The summed E-state index contributed by atoms with van der Waals surface area (Å²) in [5, 5.41) is 10.6. The number of hydrogen-bond donors (Lipinski definition) is 0. The van der Waals surface area contributed by atoms with Gasteiger partial charge in [0, 0.05) is 0 Å². The van der Waals surface area contributed by atoms with Crippen molar-refractivity contribution < 1.29 is 0 Å². The number of benzene rings is 3. The molecular weight excluding hydrogens is 445 g/mol. The molecule has 0 aliphatic carbocycles. The molecule has 0 spiro atoms. The Balaban J connectivity index is 1.64. The second-order valence-electron chi connectivity index (χ2n) is 8.93. The normalized spacial score (nSPS) is 12.6. The van der Waals surface area contributed by atoms with Gasteiger partial charge in [0.15, 0.2) is 0 Å². The van der Waals surface area contributed by atoms with Crippen LogP contribution in [0.15, 0.2) is 85.1 Å². The summed E-state index contributed by atoms with van der Waals surface area (Å²) < 4.78 is 1.40. The Morgan fingerprint density at radius 3 is 2.19 bits per heavy atom. The van der Waals surface area contributed by atoms with Crippen molar-refractivity contribution >= 4 is 19.4 Å². The molecule has 0 aliphatic heterocycles. The van der Waals surface area contributed by atoms with Gasteiger partial charge in [-0.05, 0) is 0 Å². The topological polar surface area (TPSA) is 30.7 Å². The van der Waals surface area contributed by atoms with Crippen molar-refractivity contribution in [2.24, 2.45) is 0 Å². The van der Waals surface area contributed by atoms with Crippen molar-refractivity contribution in [1.82, 2.24) is 15.0 Å². The number of rotatable bonds is 6. The van der Waals surface area contributed by atoms with E-state index >= 15 is 0 Å². The standard InChI is InChI=1S/C27H29N3Se/c1-20-10-12-21(13-11-20)25-18-28-30(29-25)26(19-31-24-8-6-5-7-9-24)22-14-16-23(17-15-22)27(2,3)4/h5-18,26H,19H2,1-4H3/t26-/m0/s1. The summed E-state index contributed by atoms with van der Waals surface area (Å²) >= 11 is 0.340. The van der Waals surface area contributed by atoms with E-state index in [1.54, 1.807) is 0 Å². The van der Waals surface area contributed by atoms with Crippen LogP contribution in [0, 0.1) is 6.92 Å². The molecule has 0 amide bonds. The predicted molar refractivity (Wildman–Crippen MR) is 130 cm³/mol. The van der Waals surface area contributed by atoms with Gasteiger partial charge in [0.1, 0.15) is 0 Å². The summed E-state index contributed by atoms with van der Waals surface area (Å²) in [6.45, 7) is 8.85. The van der Waals surface area contributed by atoms with Crippen LogP contribution in [0.5, 0.6) is 0 Å². The van der Waals surface area contributed by atoms with Crippen LogP contribution in [-0.4, -0.2) is 30.0 Å². The van der Waals surface area contributed by atoms with E-state index in [-0.39, 0.29) is 11.5 Å². The third-order valence-corrected chi connectivity index (χ3v) is 7.73. The number of aryl methyl sites for hydroxylation is 1. The SMILES string of the molecule is Cc1ccc(-c2cnn([C@@H](C[Se]c3ccccc3)c3ccc(C(C)(C)C)cc3)n2)cc1. The van der Waals surface area contributed by atoms with Gasteiger partial charge >= 0.3 is 192 Å². The van der Waals surface area contributed by atoms with Crippen LogP contribution >= 0.6 is 0 Å². The van der Waals surface area contributed by atoms with E-state index in [9.17, 15) is 0 Å². The van der Waals surface area contributed by atoms with Crippen LogP contribution in [0.4, 0.5) is 0 Å². The molecule has 1 atom stereocenters. The fourth-order valence-corrected chi connectivity index (χ4v) is 5.63. The molecule has 3 nitrogen and oxygen atoms in total. The van der Waals surface area contributed by atoms with Gasteiger partial charge in [0.25, 0.3) is 0 Å². The zero-order valence-corrected chi connectivity index (χ0v) is 20.3. The van der Waals surface area contributed by atoms with Gasteiger partial charge in [0.2, 0.25) is 0 Å². The first-order valence-electron chi connectivity index (χ1n) is 10.7. The summed E-state index contributed by atoms with van der Waals surface area (Å²) in [6, 6.07) is 28.3. The van der Waals surface area contributed by atoms with Crippen molar-refractivity contribution in [2.45, 2.75) is 44.5 Å². The van der Waals surface area contributed by atoms with Crippen molar-refractivity contribution in [3.63, 3.8) is 0 Å². The summed E-state index contributed by atoms with van der Waals surface area (Å²) in [6.07, 6.45) is 1.89. The Morgan fingerprint density at radius 2 is 1.55 bits per heavy atom. The number of nitrogens with zero attached hydrogens (tertiary/aromatic N) is 3. The third kappa shape index (κ3) is 5.33. The summed E-state index contributed by atoms with van der Waals surface area (Å²) in [7, 11) is 0. The van der Waals surface area contributed by atoms with E-state index in [4.69, 9.17) is 10.2 Å². The van der Waals surface area contributed by atoms with Gasteiger partial charge in [-0.15, -0.1) is 0 Å². The van der Waals surface area contributed by atoms with E-state index < -0.39 is 0 Å². The quantitative estimate of drug-likeness (QED) is 0.341. The Kier molecular flexibility index (Phi) is 6.40. The Bertz CT molecular complexity index is 1110. The molecule has 158 valence electrons. The molecule has 4 aromatic rings. The summed E-state index contributed by atoms with van der Waals surface area (Å²) in [5.74, 6) is 0. The van der Waals surface area contributed by atoms with Gasteiger partial charge < -0.3 is 0 Å². The molecule has 31 heavy (non-hydrogen) atoms. The van der Waals surface area contributed by atoms with Crippen LogP contribution in [0.1, 0.15) is 43.5 Å². The Morgan fingerprint density at radius 1 is 0.871 bits per heavy atom. The van der Waals surface area contributed by atoms with Crippen LogP contribution in [0.3, 0.4) is 0 Å². The Labute approximate surface area is 191 Å². The average molecular weight is 475 g/mol. The fourth-order valence-electron chi connectivity index (χ4n) is 3.48. The van der Waals surface area contributed by atoms with E-state index in [0.717, 1.165) is 16.6 Å². The first kappa shape index (κ1) is 21.5. The minimum atomic E-state index is 0.119. The van der Waals surface area contributed by atoms with E-state index in [1.807, 2.05) is 11.0 Å². The molecular formula is C27H29N3Se. The molecule has 4 rings (SSSR count). The Hall–Kier alpha value is -2.68. The molecule has 0 unspecified atom stereocenters. The molecule has 1 aromatic heterocycles. The molecule has 0 aliphatic rings. The molecule has 3 aromatic carbocycles. The molecule has 0 radical (unpaired) electrons. The van der Waals surface area contributed by atoms with Crippen LogP contribution in [0.25, 0.3) is 11.3 Å². The van der Waals surface area contributed by atoms with E-state index in [2.05, 4.69) is 107 Å². The van der Waals surface area contributed by atoms with Gasteiger partial charge in [-0.25, -0.2) is 0 Å². The van der Waals surface area contributed by atoms with Crippen molar-refractivity contribution in [1.29, 1.82) is 0 Å². The van der Waals surface area contributed by atoms with Gasteiger partial charge in [-0.1, -0.05) is 0 Å². The van der Waals surface area contributed by atoms with Gasteiger partial charge in [-0.3, -0.25) is 0 Å². The van der Waals surface area contributed by atoms with Crippen LogP contribution in [0.2, 0.25) is 5.32 Å². The molecule has 0 saturated heterocycles. The first-order valence-corrected chi connectivity index (χ1v) is 12.7. The molecule has 0 bridgehead atoms.